The van der Waals surface area contributed by atoms with Gasteiger partial charge in [0, 0.05) is 23.6 Å². The number of fused-ring (bicyclic) bond motifs is 1. The highest BCUT2D eigenvalue weighted by atomic mass is 35.5. The number of rotatable bonds is 5. The SMILES string of the molecule is CCc1cccc2c(CCNC(=O)C3(N)CC3)c[nH]c12.Cl. The molecule has 1 aliphatic rings. The third kappa shape index (κ3) is 3.06. The summed E-state index contributed by atoms with van der Waals surface area (Å²) >= 11 is 0. The summed E-state index contributed by atoms with van der Waals surface area (Å²) in [5.74, 6) is -0.00779. The quantitative estimate of drug-likeness (QED) is 0.793. The molecule has 2 aromatic rings. The van der Waals surface area contributed by atoms with E-state index in [9.17, 15) is 4.79 Å². The number of nitrogens with two attached hydrogens (primary N) is 1. The van der Waals surface area contributed by atoms with Crippen molar-refractivity contribution in [2.75, 3.05) is 6.54 Å². The Morgan fingerprint density at radius 1 is 1.38 bits per heavy atom. The van der Waals surface area contributed by atoms with Gasteiger partial charge in [-0.3, -0.25) is 4.79 Å². The molecule has 1 saturated carbocycles. The minimum atomic E-state index is -0.574. The Kier molecular flexibility index (Phi) is 4.59. The molecule has 4 nitrogen and oxygen atoms in total. The maximum Gasteiger partial charge on any atom is 0.240 e. The van der Waals surface area contributed by atoms with Crippen LogP contribution in [-0.4, -0.2) is 23.0 Å². The fourth-order valence-electron chi connectivity index (χ4n) is 2.63. The summed E-state index contributed by atoms with van der Waals surface area (Å²) in [6, 6.07) is 6.37. The number of nitrogens with one attached hydrogen (secondary N) is 2. The molecular formula is C16H22ClN3O. The van der Waals surface area contributed by atoms with E-state index in [1.165, 1.54) is 22.0 Å². The van der Waals surface area contributed by atoms with Crippen LogP contribution in [-0.2, 0) is 17.6 Å². The van der Waals surface area contributed by atoms with E-state index in [2.05, 4.69) is 35.4 Å². The third-order valence-corrected chi connectivity index (χ3v) is 4.19. The number of aromatic nitrogens is 1. The van der Waals surface area contributed by atoms with Crippen molar-refractivity contribution in [3.05, 3.63) is 35.5 Å². The largest absolute Gasteiger partial charge is 0.361 e. The molecule has 0 spiro atoms. The van der Waals surface area contributed by atoms with Gasteiger partial charge >= 0.3 is 0 Å². The van der Waals surface area contributed by atoms with Gasteiger partial charge in [-0.2, -0.15) is 0 Å². The zero-order chi connectivity index (χ0) is 14.2. The van der Waals surface area contributed by atoms with Crippen LogP contribution in [0.25, 0.3) is 10.9 Å². The Morgan fingerprint density at radius 2 is 2.14 bits per heavy atom. The minimum absolute atomic E-state index is 0. The Bertz CT molecular complexity index is 646. The number of halogens is 1. The smallest absolute Gasteiger partial charge is 0.240 e. The molecule has 0 radical (unpaired) electrons. The third-order valence-electron chi connectivity index (χ3n) is 4.19. The van der Waals surface area contributed by atoms with Crippen molar-refractivity contribution >= 4 is 29.2 Å². The summed E-state index contributed by atoms with van der Waals surface area (Å²) in [6.45, 7) is 2.80. The maximum absolute atomic E-state index is 11.8. The van der Waals surface area contributed by atoms with Crippen LogP contribution in [0, 0.1) is 0 Å². The highest BCUT2D eigenvalue weighted by Gasteiger charge is 2.45. The van der Waals surface area contributed by atoms with Gasteiger partial charge in [0.1, 0.15) is 0 Å². The van der Waals surface area contributed by atoms with Gasteiger partial charge in [-0.15, -0.1) is 12.4 Å². The molecule has 114 valence electrons. The fourth-order valence-corrected chi connectivity index (χ4v) is 2.63. The molecule has 0 saturated heterocycles. The Labute approximate surface area is 130 Å². The van der Waals surface area contributed by atoms with E-state index in [-0.39, 0.29) is 18.3 Å². The summed E-state index contributed by atoms with van der Waals surface area (Å²) in [7, 11) is 0. The van der Waals surface area contributed by atoms with Crippen LogP contribution in [0.3, 0.4) is 0 Å². The van der Waals surface area contributed by atoms with Crippen LogP contribution in [0.4, 0.5) is 0 Å². The van der Waals surface area contributed by atoms with Crippen LogP contribution in [0.5, 0.6) is 0 Å². The molecule has 0 unspecified atom stereocenters. The molecule has 4 N–H and O–H groups in total. The van der Waals surface area contributed by atoms with Gasteiger partial charge in [0.15, 0.2) is 0 Å². The van der Waals surface area contributed by atoms with E-state index in [0.717, 1.165) is 25.7 Å². The van der Waals surface area contributed by atoms with E-state index in [1.807, 2.05) is 6.20 Å². The number of carbonyl (C=O) groups is 1. The van der Waals surface area contributed by atoms with Gasteiger partial charge in [-0.25, -0.2) is 0 Å². The van der Waals surface area contributed by atoms with Crippen LogP contribution >= 0.6 is 12.4 Å². The second-order valence-electron chi connectivity index (χ2n) is 5.67. The summed E-state index contributed by atoms with van der Waals surface area (Å²) in [6.07, 6.45) is 5.52. The molecule has 5 heteroatoms. The molecule has 1 fully saturated rings. The average Bonchev–Trinajstić information content (AvgIpc) is 3.08. The minimum Gasteiger partial charge on any atom is -0.361 e. The Hall–Kier alpha value is -1.52. The van der Waals surface area contributed by atoms with Crippen LogP contribution in [0.15, 0.2) is 24.4 Å². The number of para-hydroxylation sites is 1. The maximum atomic E-state index is 11.8. The predicted octanol–water partition coefficient (Wildman–Crippen LogP) is 2.30. The number of hydrogen-bond donors (Lipinski definition) is 3. The topological polar surface area (TPSA) is 70.9 Å². The molecule has 1 aliphatic carbocycles. The number of carbonyl (C=O) groups excluding carboxylic acids is 1. The van der Waals surface area contributed by atoms with E-state index in [0.29, 0.717) is 6.54 Å². The fraction of sp³-hybridized carbons (Fsp3) is 0.438. The van der Waals surface area contributed by atoms with Crippen LogP contribution < -0.4 is 11.1 Å². The number of hydrogen-bond acceptors (Lipinski definition) is 2. The van der Waals surface area contributed by atoms with Crippen LogP contribution in [0.2, 0.25) is 0 Å². The highest BCUT2D eigenvalue weighted by molar-refractivity contribution is 5.89. The van der Waals surface area contributed by atoms with Crippen molar-refractivity contribution in [3.63, 3.8) is 0 Å². The lowest BCUT2D eigenvalue weighted by Crippen LogP contribution is -2.43. The molecule has 21 heavy (non-hydrogen) atoms. The predicted molar refractivity (Wildman–Crippen MR) is 87.8 cm³/mol. The molecule has 0 atom stereocenters. The van der Waals surface area contributed by atoms with Crippen molar-refractivity contribution in [2.45, 2.75) is 38.1 Å². The molecule has 1 heterocycles. The lowest BCUT2D eigenvalue weighted by molar-refractivity contribution is -0.123. The number of amides is 1. The molecule has 0 bridgehead atoms. The number of aromatic amines is 1. The zero-order valence-electron chi connectivity index (χ0n) is 12.2. The standard InChI is InChI=1S/C16H21N3O.ClH/c1-2-11-4-3-5-13-12(10-19-14(11)13)6-9-18-15(20)16(17)7-8-16;/h3-5,10,19H,2,6-9,17H2,1H3,(H,18,20);1H. The normalized spacial score (nSPS) is 15.5. The van der Waals surface area contributed by atoms with Crippen molar-refractivity contribution < 1.29 is 4.79 Å². The first kappa shape index (κ1) is 15.9. The van der Waals surface area contributed by atoms with Crippen LogP contribution in [0.1, 0.15) is 30.9 Å². The van der Waals surface area contributed by atoms with Gasteiger partial charge in [0.2, 0.25) is 5.91 Å². The van der Waals surface area contributed by atoms with Crippen molar-refractivity contribution in [3.8, 4) is 0 Å². The highest BCUT2D eigenvalue weighted by Crippen LogP contribution is 2.32. The van der Waals surface area contributed by atoms with E-state index in [4.69, 9.17) is 5.73 Å². The van der Waals surface area contributed by atoms with Crippen molar-refractivity contribution in [1.29, 1.82) is 0 Å². The van der Waals surface area contributed by atoms with E-state index >= 15 is 0 Å². The van der Waals surface area contributed by atoms with Gasteiger partial charge in [0.25, 0.3) is 0 Å². The first-order chi connectivity index (χ1) is 9.64. The Balaban J connectivity index is 0.00000161. The summed E-state index contributed by atoms with van der Waals surface area (Å²) in [5.41, 5.74) is 9.08. The number of benzene rings is 1. The lowest BCUT2D eigenvalue weighted by atomic mass is 10.1. The van der Waals surface area contributed by atoms with Crippen molar-refractivity contribution in [2.24, 2.45) is 5.73 Å². The first-order valence-corrected chi connectivity index (χ1v) is 7.29. The monoisotopic (exact) mass is 307 g/mol. The summed E-state index contributed by atoms with van der Waals surface area (Å²) in [5, 5.41) is 4.20. The van der Waals surface area contributed by atoms with Gasteiger partial charge < -0.3 is 16.0 Å². The molecule has 1 aromatic heterocycles. The second kappa shape index (κ2) is 6.08. The molecule has 3 rings (SSSR count). The van der Waals surface area contributed by atoms with E-state index in [1.54, 1.807) is 0 Å². The van der Waals surface area contributed by atoms with Crippen molar-refractivity contribution in [1.82, 2.24) is 10.3 Å². The van der Waals surface area contributed by atoms with Gasteiger partial charge in [-0.1, -0.05) is 25.1 Å². The lowest BCUT2D eigenvalue weighted by Gasteiger charge is -2.09. The molecule has 0 aliphatic heterocycles. The average molecular weight is 308 g/mol. The molecule has 1 amide bonds. The molecular weight excluding hydrogens is 286 g/mol. The second-order valence-corrected chi connectivity index (χ2v) is 5.67. The van der Waals surface area contributed by atoms with Gasteiger partial charge in [0.05, 0.1) is 5.54 Å². The zero-order valence-corrected chi connectivity index (χ0v) is 13.1. The number of H-pyrrole nitrogens is 1. The molecule has 1 aromatic carbocycles. The van der Waals surface area contributed by atoms with Gasteiger partial charge in [-0.05, 0) is 36.8 Å². The van der Waals surface area contributed by atoms with E-state index < -0.39 is 5.54 Å². The Morgan fingerprint density at radius 3 is 2.81 bits per heavy atom. The summed E-state index contributed by atoms with van der Waals surface area (Å²) in [4.78, 5) is 15.1. The summed E-state index contributed by atoms with van der Waals surface area (Å²) < 4.78 is 0. The first-order valence-electron chi connectivity index (χ1n) is 7.29. The number of aryl methyl sites for hydroxylation is 1.